The fourth-order valence-electron chi connectivity index (χ4n) is 4.57. The zero-order chi connectivity index (χ0) is 22.9. The van der Waals surface area contributed by atoms with Crippen molar-refractivity contribution in [1.29, 1.82) is 0 Å². The van der Waals surface area contributed by atoms with Crippen LogP contribution in [0.4, 0.5) is 5.69 Å². The molecule has 2 aromatic rings. The van der Waals surface area contributed by atoms with E-state index in [2.05, 4.69) is 17.0 Å². The van der Waals surface area contributed by atoms with E-state index >= 15 is 0 Å². The normalized spacial score (nSPS) is 17.6. The van der Waals surface area contributed by atoms with Crippen molar-refractivity contribution >= 4 is 21.6 Å². The summed E-state index contributed by atoms with van der Waals surface area (Å²) in [4.78, 5) is 17.8. The van der Waals surface area contributed by atoms with Crippen molar-refractivity contribution in [2.75, 3.05) is 45.7 Å². The summed E-state index contributed by atoms with van der Waals surface area (Å²) >= 11 is 0. The van der Waals surface area contributed by atoms with E-state index in [1.54, 1.807) is 25.3 Å². The molecule has 0 radical (unpaired) electrons. The highest BCUT2D eigenvalue weighted by atomic mass is 32.2. The van der Waals surface area contributed by atoms with Gasteiger partial charge in [-0.3, -0.25) is 9.69 Å². The molecule has 2 aromatic carbocycles. The van der Waals surface area contributed by atoms with Gasteiger partial charge in [0.1, 0.15) is 5.75 Å². The second-order valence-electron chi connectivity index (χ2n) is 8.72. The number of fused-ring (bicyclic) bond motifs is 1. The van der Waals surface area contributed by atoms with Crippen molar-refractivity contribution in [1.82, 2.24) is 9.21 Å². The number of piperidine rings is 1. The predicted octanol–water partition coefficient (Wildman–Crippen LogP) is 2.75. The number of hydrogen-bond donors (Lipinski definition) is 0. The van der Waals surface area contributed by atoms with Gasteiger partial charge in [0.25, 0.3) is 0 Å². The third kappa shape index (κ3) is 4.53. The summed E-state index contributed by atoms with van der Waals surface area (Å²) in [7, 11) is 1.25. The Balaban J connectivity index is 1.38. The average Bonchev–Trinajstić information content (AvgIpc) is 3.22. The highest BCUT2D eigenvalue weighted by Crippen LogP contribution is 2.33. The van der Waals surface area contributed by atoms with Crippen molar-refractivity contribution in [3.63, 3.8) is 0 Å². The fourth-order valence-corrected chi connectivity index (χ4v) is 5.52. The number of carbonyl (C=O) groups excluding carboxylic acids is 1. The number of nitrogens with zero attached hydrogens (tertiary/aromatic N) is 3. The Morgan fingerprint density at radius 3 is 2.53 bits per heavy atom. The quantitative estimate of drug-likeness (QED) is 0.667. The van der Waals surface area contributed by atoms with E-state index < -0.39 is 10.0 Å². The van der Waals surface area contributed by atoms with E-state index in [1.165, 1.54) is 24.0 Å². The summed E-state index contributed by atoms with van der Waals surface area (Å²) in [6.45, 7) is 3.24. The topological polar surface area (TPSA) is 70.2 Å². The van der Waals surface area contributed by atoms with Crippen LogP contribution in [0, 0.1) is 5.92 Å². The molecule has 1 fully saturated rings. The van der Waals surface area contributed by atoms with Crippen LogP contribution in [0.25, 0.3) is 0 Å². The van der Waals surface area contributed by atoms with Crippen molar-refractivity contribution in [2.45, 2.75) is 30.7 Å². The molecule has 0 unspecified atom stereocenters. The molecule has 32 heavy (non-hydrogen) atoms. The minimum absolute atomic E-state index is 0.00712. The summed E-state index contributed by atoms with van der Waals surface area (Å²) in [6.07, 6.45) is 2.36. The van der Waals surface area contributed by atoms with Crippen molar-refractivity contribution in [3.05, 3.63) is 53.6 Å². The number of methoxy groups -OCH3 is 1. The van der Waals surface area contributed by atoms with Crippen molar-refractivity contribution in [2.24, 2.45) is 5.92 Å². The molecule has 1 saturated heterocycles. The maximum atomic E-state index is 13.3. The van der Waals surface area contributed by atoms with Gasteiger partial charge in [0.05, 0.1) is 12.0 Å². The van der Waals surface area contributed by atoms with Crippen LogP contribution in [-0.2, 0) is 27.8 Å². The Morgan fingerprint density at radius 1 is 1.09 bits per heavy atom. The van der Waals surface area contributed by atoms with Crippen LogP contribution in [0.2, 0.25) is 0 Å². The third-order valence-corrected chi connectivity index (χ3v) is 8.28. The first-order valence-corrected chi connectivity index (χ1v) is 12.5. The van der Waals surface area contributed by atoms with Crippen LogP contribution >= 0.6 is 0 Å². The molecular weight excluding hydrogens is 426 g/mol. The molecule has 0 atom stereocenters. The molecule has 2 aliphatic heterocycles. The van der Waals surface area contributed by atoms with Crippen LogP contribution in [-0.4, -0.2) is 64.4 Å². The van der Waals surface area contributed by atoms with Crippen LogP contribution in [0.5, 0.6) is 5.75 Å². The summed E-state index contributed by atoms with van der Waals surface area (Å²) in [5, 5.41) is 0. The largest absolute Gasteiger partial charge is 0.497 e. The molecular formula is C24H31N3O4S. The van der Waals surface area contributed by atoms with Gasteiger partial charge in [-0.25, -0.2) is 12.7 Å². The molecule has 4 rings (SSSR count). The van der Waals surface area contributed by atoms with Gasteiger partial charge in [-0.1, -0.05) is 12.1 Å². The number of benzene rings is 2. The minimum Gasteiger partial charge on any atom is -0.497 e. The Morgan fingerprint density at radius 2 is 1.84 bits per heavy atom. The fraction of sp³-hybridized carbons (Fsp3) is 0.458. The van der Waals surface area contributed by atoms with E-state index in [1.807, 2.05) is 17.0 Å². The number of rotatable bonds is 6. The lowest BCUT2D eigenvalue weighted by molar-refractivity contribution is -0.123. The van der Waals surface area contributed by atoms with Gasteiger partial charge in [0.2, 0.25) is 15.9 Å². The molecule has 2 aliphatic rings. The highest BCUT2D eigenvalue weighted by Gasteiger charge is 2.33. The van der Waals surface area contributed by atoms with Crippen LogP contribution in [0.15, 0.2) is 47.4 Å². The molecule has 8 heteroatoms. The first kappa shape index (κ1) is 22.8. The van der Waals surface area contributed by atoms with Gasteiger partial charge < -0.3 is 9.64 Å². The number of hydrogen-bond acceptors (Lipinski definition) is 5. The predicted molar refractivity (Wildman–Crippen MR) is 124 cm³/mol. The second kappa shape index (κ2) is 9.21. The number of sulfonamides is 1. The van der Waals surface area contributed by atoms with E-state index in [0.717, 1.165) is 49.5 Å². The maximum absolute atomic E-state index is 13.3. The highest BCUT2D eigenvalue weighted by molar-refractivity contribution is 7.89. The van der Waals surface area contributed by atoms with Gasteiger partial charge in [-0.2, -0.15) is 0 Å². The molecule has 172 valence electrons. The average molecular weight is 458 g/mol. The van der Waals surface area contributed by atoms with Crippen molar-refractivity contribution < 1.29 is 17.9 Å². The van der Waals surface area contributed by atoms with Gasteiger partial charge in [-0.15, -0.1) is 0 Å². The van der Waals surface area contributed by atoms with Crippen molar-refractivity contribution in [3.8, 4) is 5.75 Å². The van der Waals surface area contributed by atoms with Crippen LogP contribution < -0.4 is 9.64 Å². The smallest absolute Gasteiger partial charge is 0.242 e. The number of ether oxygens (including phenoxy) is 1. The lowest BCUT2D eigenvalue weighted by atomic mass is 9.95. The van der Waals surface area contributed by atoms with Gasteiger partial charge in [0.15, 0.2) is 0 Å². The number of carbonyl (C=O) groups is 1. The maximum Gasteiger partial charge on any atom is 0.242 e. The monoisotopic (exact) mass is 457 g/mol. The zero-order valence-electron chi connectivity index (χ0n) is 19.0. The summed E-state index contributed by atoms with van der Waals surface area (Å²) in [5.74, 6) is 1.03. The SMILES string of the molecule is COc1cccc(CN2CCC(C(=O)N3CCc4cc(S(=O)(=O)N(C)C)ccc43)CC2)c1. The van der Waals surface area contributed by atoms with Gasteiger partial charge in [0, 0.05) is 38.8 Å². The Hall–Kier alpha value is -2.42. The molecule has 0 bridgehead atoms. The van der Waals surface area contributed by atoms with Gasteiger partial charge >= 0.3 is 0 Å². The van der Waals surface area contributed by atoms with E-state index in [9.17, 15) is 13.2 Å². The lowest BCUT2D eigenvalue weighted by Crippen LogP contribution is -2.41. The van der Waals surface area contributed by atoms with Crippen LogP contribution in [0.3, 0.4) is 0 Å². The lowest BCUT2D eigenvalue weighted by Gasteiger charge is -2.33. The van der Waals surface area contributed by atoms with E-state index in [0.29, 0.717) is 13.0 Å². The van der Waals surface area contributed by atoms with E-state index in [4.69, 9.17) is 4.74 Å². The Bertz CT molecular complexity index is 1090. The molecule has 1 amide bonds. The first-order valence-electron chi connectivity index (χ1n) is 11.0. The molecule has 0 spiro atoms. The Kier molecular flexibility index (Phi) is 6.55. The molecule has 7 nitrogen and oxygen atoms in total. The zero-order valence-corrected chi connectivity index (χ0v) is 19.8. The number of likely N-dealkylation sites (tertiary alicyclic amines) is 1. The molecule has 0 aliphatic carbocycles. The molecule has 0 saturated carbocycles. The molecule has 2 heterocycles. The summed E-state index contributed by atoms with van der Waals surface area (Å²) < 4.78 is 31.4. The first-order chi connectivity index (χ1) is 15.3. The Labute approximate surface area is 190 Å². The number of anilines is 1. The molecule has 0 N–H and O–H groups in total. The van der Waals surface area contributed by atoms with Crippen LogP contribution in [0.1, 0.15) is 24.0 Å². The third-order valence-electron chi connectivity index (χ3n) is 6.47. The second-order valence-corrected chi connectivity index (χ2v) is 10.9. The van der Waals surface area contributed by atoms with Gasteiger partial charge in [-0.05, 0) is 73.8 Å². The summed E-state index contributed by atoms with van der Waals surface area (Å²) in [6, 6.07) is 13.2. The minimum atomic E-state index is -3.48. The molecule has 0 aromatic heterocycles. The standard InChI is InChI=1S/C24H31N3O4S/c1-25(2)32(29,30)22-7-8-23-20(16-22)11-14-27(23)24(28)19-9-12-26(13-10-19)17-18-5-4-6-21(15-18)31-3/h4-8,15-16,19H,9-14,17H2,1-3H3. The summed E-state index contributed by atoms with van der Waals surface area (Å²) in [5.41, 5.74) is 2.99. The van der Waals surface area contributed by atoms with E-state index in [-0.39, 0.29) is 16.7 Å². The number of amides is 1.